The summed E-state index contributed by atoms with van der Waals surface area (Å²) in [6.45, 7) is 1.53. The molecule has 5 aliphatic rings. The van der Waals surface area contributed by atoms with Crippen LogP contribution in [0.5, 0.6) is 0 Å². The predicted octanol–water partition coefficient (Wildman–Crippen LogP) is 6.19. The van der Waals surface area contributed by atoms with Crippen molar-refractivity contribution in [3.63, 3.8) is 0 Å². The number of fused-ring (bicyclic) bond motifs is 2. The third-order valence-electron chi connectivity index (χ3n) is 12.0. The van der Waals surface area contributed by atoms with Crippen LogP contribution in [-0.4, -0.2) is 85.3 Å². The Morgan fingerprint density at radius 3 is 2.35 bits per heavy atom. The number of hydrogen-bond donors (Lipinski definition) is 1. The number of carbonyl (C=O) groups excluding carboxylic acids is 4. The Hall–Kier alpha value is -5.49. The topological polar surface area (TPSA) is 147 Å². The molecule has 12 nitrogen and oxygen atoms in total. The number of ketones is 2. The molecule has 3 aliphatic carbocycles. The van der Waals surface area contributed by atoms with Crippen LogP contribution in [0, 0.1) is 0 Å². The quantitative estimate of drug-likeness (QED) is 0.102. The van der Waals surface area contributed by atoms with Crippen LogP contribution < -0.4 is 4.90 Å². The second-order valence-electron chi connectivity index (χ2n) is 15.2. The second-order valence-corrected chi connectivity index (χ2v) is 15.2. The molecule has 54 heavy (non-hydrogen) atoms. The summed E-state index contributed by atoms with van der Waals surface area (Å²) in [6, 6.07) is 15.0. The molecule has 4 aromatic rings. The molecule has 1 saturated heterocycles. The van der Waals surface area contributed by atoms with Crippen LogP contribution >= 0.6 is 0 Å². The first-order valence-corrected chi connectivity index (χ1v) is 19.2. The number of amides is 2. The average Bonchev–Trinajstić information content (AvgIpc) is 3.90. The zero-order valence-corrected chi connectivity index (χ0v) is 30.0. The molecule has 0 radical (unpaired) electrons. The lowest BCUT2D eigenvalue weighted by atomic mass is 9.92. The van der Waals surface area contributed by atoms with Gasteiger partial charge in [-0.15, -0.1) is 0 Å². The van der Waals surface area contributed by atoms with Gasteiger partial charge < -0.3 is 14.8 Å². The van der Waals surface area contributed by atoms with E-state index < -0.39 is 17.9 Å². The van der Waals surface area contributed by atoms with Gasteiger partial charge in [-0.25, -0.2) is 0 Å². The SMILES string of the molecule is O=C1CCC(N2C(=O)c3ccc(N4CCC(O[C@H]5CCC[C@@H](n6cc(-c7ccc8c(c7)CC/C8=N\O)c(-c7ccncc7)n6)C5)CC4)cc3C2=O)C(=O)C1. The third kappa shape index (κ3) is 6.21. The predicted molar refractivity (Wildman–Crippen MR) is 200 cm³/mol. The highest BCUT2D eigenvalue weighted by Crippen LogP contribution is 2.39. The van der Waals surface area contributed by atoms with E-state index in [9.17, 15) is 24.4 Å². The number of hydrogen-bond acceptors (Lipinski definition) is 10. The molecule has 2 aliphatic heterocycles. The summed E-state index contributed by atoms with van der Waals surface area (Å²) in [7, 11) is 0. The highest BCUT2D eigenvalue weighted by molar-refractivity contribution is 6.24. The fourth-order valence-corrected chi connectivity index (χ4v) is 9.12. The summed E-state index contributed by atoms with van der Waals surface area (Å²) in [5.74, 6) is -1.41. The van der Waals surface area contributed by atoms with Gasteiger partial charge in [-0.2, -0.15) is 5.10 Å². The number of Topliss-reactive ketones (excluding diaryl/α,β-unsaturated/α-hetero) is 2. The molecule has 2 aromatic carbocycles. The molecule has 0 bridgehead atoms. The number of aryl methyl sites for hydroxylation is 1. The molecule has 1 unspecified atom stereocenters. The van der Waals surface area contributed by atoms with Crippen LogP contribution in [0.1, 0.15) is 102 Å². The molecule has 2 aromatic heterocycles. The van der Waals surface area contributed by atoms with Crippen LogP contribution in [0.3, 0.4) is 0 Å². The Morgan fingerprint density at radius 2 is 1.56 bits per heavy atom. The van der Waals surface area contributed by atoms with E-state index in [1.165, 1.54) is 5.56 Å². The normalized spacial score (nSPS) is 24.1. The van der Waals surface area contributed by atoms with Gasteiger partial charge in [-0.05, 0) is 99.2 Å². The molecule has 3 fully saturated rings. The molecule has 12 heteroatoms. The molecule has 0 spiro atoms. The molecule has 4 heterocycles. The maximum atomic E-state index is 13.4. The van der Waals surface area contributed by atoms with Crippen molar-refractivity contribution >= 4 is 34.8 Å². The lowest BCUT2D eigenvalue weighted by Gasteiger charge is -2.37. The maximum Gasteiger partial charge on any atom is 0.262 e. The highest BCUT2D eigenvalue weighted by atomic mass is 16.5. The molecular formula is C42H42N6O6. The van der Waals surface area contributed by atoms with Crippen LogP contribution in [0.25, 0.3) is 22.4 Å². The fraction of sp³-hybridized carbons (Fsp3) is 0.405. The van der Waals surface area contributed by atoms with Gasteiger partial charge in [-0.1, -0.05) is 23.4 Å². The van der Waals surface area contributed by atoms with Crippen molar-refractivity contribution < 1.29 is 29.1 Å². The largest absolute Gasteiger partial charge is 0.411 e. The lowest BCUT2D eigenvalue weighted by Crippen LogP contribution is -2.47. The minimum atomic E-state index is -0.869. The minimum absolute atomic E-state index is 0.123. The zero-order chi connectivity index (χ0) is 36.9. The van der Waals surface area contributed by atoms with Crippen LogP contribution in [0.2, 0.25) is 0 Å². The van der Waals surface area contributed by atoms with Gasteiger partial charge in [0.05, 0.1) is 47.6 Å². The number of imide groups is 1. The van der Waals surface area contributed by atoms with Gasteiger partial charge in [-0.3, -0.25) is 33.7 Å². The number of oxime groups is 1. The van der Waals surface area contributed by atoms with Crippen molar-refractivity contribution in [3.8, 4) is 22.4 Å². The van der Waals surface area contributed by atoms with Crippen molar-refractivity contribution in [1.82, 2.24) is 19.7 Å². The Kier molecular flexibility index (Phi) is 8.92. The lowest BCUT2D eigenvalue weighted by molar-refractivity contribution is -0.132. The van der Waals surface area contributed by atoms with Gasteiger partial charge >= 0.3 is 0 Å². The van der Waals surface area contributed by atoms with E-state index >= 15 is 0 Å². The fourth-order valence-electron chi connectivity index (χ4n) is 9.12. The van der Waals surface area contributed by atoms with E-state index in [4.69, 9.17) is 9.84 Å². The molecule has 2 saturated carbocycles. The van der Waals surface area contributed by atoms with E-state index in [0.717, 1.165) is 109 Å². The number of benzene rings is 2. The number of carbonyl (C=O) groups is 4. The number of pyridine rings is 1. The molecule has 9 rings (SSSR count). The Balaban J connectivity index is 0.857. The van der Waals surface area contributed by atoms with Crippen molar-refractivity contribution in [2.75, 3.05) is 18.0 Å². The summed E-state index contributed by atoms with van der Waals surface area (Å²) >= 11 is 0. The summed E-state index contributed by atoms with van der Waals surface area (Å²) in [5.41, 5.74) is 8.54. The Bertz CT molecular complexity index is 2190. The molecule has 276 valence electrons. The Morgan fingerprint density at radius 1 is 0.759 bits per heavy atom. The molecule has 3 atom stereocenters. The summed E-state index contributed by atoms with van der Waals surface area (Å²) in [4.78, 5) is 58.5. The average molecular weight is 727 g/mol. The highest BCUT2D eigenvalue weighted by Gasteiger charge is 2.44. The number of anilines is 1. The minimum Gasteiger partial charge on any atom is -0.411 e. The van der Waals surface area contributed by atoms with Gasteiger partial charge in [0.1, 0.15) is 11.5 Å². The maximum absolute atomic E-state index is 13.4. The van der Waals surface area contributed by atoms with Crippen LogP contribution in [-0.2, 0) is 20.7 Å². The van der Waals surface area contributed by atoms with E-state index in [-0.39, 0.29) is 49.1 Å². The smallest absolute Gasteiger partial charge is 0.262 e. The molecule has 2 amide bonds. The first-order valence-electron chi connectivity index (χ1n) is 19.2. The zero-order valence-electron chi connectivity index (χ0n) is 30.0. The van der Waals surface area contributed by atoms with Crippen molar-refractivity contribution in [2.45, 2.75) is 94.9 Å². The number of rotatable bonds is 7. The van der Waals surface area contributed by atoms with E-state index in [2.05, 4.69) is 44.1 Å². The van der Waals surface area contributed by atoms with Crippen LogP contribution in [0.15, 0.2) is 72.3 Å². The van der Waals surface area contributed by atoms with Crippen molar-refractivity contribution in [1.29, 1.82) is 0 Å². The summed E-state index contributed by atoms with van der Waals surface area (Å²) in [6.07, 6.45) is 13.5. The van der Waals surface area contributed by atoms with Gasteiger partial charge in [0, 0.05) is 60.5 Å². The second kappa shape index (κ2) is 14.1. The van der Waals surface area contributed by atoms with Gasteiger partial charge in [0.2, 0.25) is 0 Å². The van der Waals surface area contributed by atoms with E-state index in [1.54, 1.807) is 24.5 Å². The Labute approximate surface area is 312 Å². The molecular weight excluding hydrogens is 684 g/mol. The number of piperidine rings is 1. The summed E-state index contributed by atoms with van der Waals surface area (Å²) < 4.78 is 8.92. The number of nitrogens with zero attached hydrogens (tertiary/aromatic N) is 6. The van der Waals surface area contributed by atoms with Crippen molar-refractivity contribution in [2.24, 2.45) is 5.16 Å². The van der Waals surface area contributed by atoms with Gasteiger partial charge in [0.25, 0.3) is 11.8 Å². The monoisotopic (exact) mass is 726 g/mol. The standard InChI is InChI=1S/C42H42N6O6/c49-30-7-11-38(39(50)23-30)48-41(51)34-9-6-28(22-35(34)42(48)52)46-18-14-31(15-19-46)54-32-3-1-2-29(21-32)47-24-36(40(44-47)25-12-16-43-17-13-25)27-4-8-33-26(20-27)5-10-37(33)45-53/h4,6,8-9,12-13,16-17,20,22,24,29,31-32,38,53H,1-3,5,7,10-11,14-15,18-19,21,23H2/b45-37+/t29-,32+,38?/m1/s1. The first kappa shape index (κ1) is 34.3. The summed E-state index contributed by atoms with van der Waals surface area (Å²) in [5, 5.41) is 18.1. The first-order chi connectivity index (χ1) is 26.3. The third-order valence-corrected chi connectivity index (χ3v) is 12.0. The van der Waals surface area contributed by atoms with E-state index in [0.29, 0.717) is 11.1 Å². The number of ether oxygens (including phenoxy) is 1. The molecule has 1 N–H and O–H groups in total. The van der Waals surface area contributed by atoms with Crippen molar-refractivity contribution in [3.05, 3.63) is 89.4 Å². The van der Waals surface area contributed by atoms with Gasteiger partial charge in [0.15, 0.2) is 5.78 Å². The number of aromatic nitrogens is 3. The van der Waals surface area contributed by atoms with E-state index in [1.807, 2.05) is 18.2 Å². The van der Waals surface area contributed by atoms with Crippen LogP contribution in [0.4, 0.5) is 5.69 Å².